The second kappa shape index (κ2) is 4.85. The Morgan fingerprint density at radius 3 is 2.70 bits per heavy atom. The lowest BCUT2D eigenvalue weighted by atomic mass is 9.92. The van der Waals surface area contributed by atoms with Crippen LogP contribution in [0.3, 0.4) is 0 Å². The Bertz CT molecular complexity index is 756. The first-order chi connectivity index (χ1) is 9.61. The van der Waals surface area contributed by atoms with Gasteiger partial charge in [-0.25, -0.2) is 0 Å². The van der Waals surface area contributed by atoms with Gasteiger partial charge in [0, 0.05) is 6.42 Å². The van der Waals surface area contributed by atoms with Gasteiger partial charge < -0.3 is 11.5 Å². The molecule has 2 atom stereocenters. The summed E-state index contributed by atoms with van der Waals surface area (Å²) in [6.45, 7) is 1.81. The lowest BCUT2D eigenvalue weighted by Gasteiger charge is -2.20. The van der Waals surface area contributed by atoms with Crippen LogP contribution >= 0.6 is 0 Å². The fourth-order valence-electron chi connectivity index (χ4n) is 2.77. The van der Waals surface area contributed by atoms with Crippen LogP contribution in [0, 0.1) is 0 Å². The van der Waals surface area contributed by atoms with E-state index < -0.39 is 12.1 Å². The molecule has 2 aliphatic rings. The molecule has 0 fully saturated rings. The maximum absolute atomic E-state index is 11.8. The summed E-state index contributed by atoms with van der Waals surface area (Å²) in [6, 6.07) is 3.19. The van der Waals surface area contributed by atoms with E-state index in [1.807, 2.05) is 25.2 Å². The highest BCUT2D eigenvalue weighted by Crippen LogP contribution is 2.20. The van der Waals surface area contributed by atoms with E-state index in [9.17, 15) is 4.79 Å². The maximum Gasteiger partial charge on any atom is 0.151 e. The lowest BCUT2D eigenvalue weighted by Crippen LogP contribution is -2.47. The average molecular weight is 266 g/mol. The van der Waals surface area contributed by atoms with Crippen molar-refractivity contribution < 1.29 is 4.79 Å². The molecule has 3 heteroatoms. The fraction of sp³-hybridized carbons (Fsp3) is 0.235. The van der Waals surface area contributed by atoms with Crippen molar-refractivity contribution in [3.05, 3.63) is 45.8 Å². The number of ketones is 1. The molecule has 0 amide bonds. The highest BCUT2D eigenvalue weighted by atomic mass is 16.1. The minimum Gasteiger partial charge on any atom is -0.322 e. The van der Waals surface area contributed by atoms with Gasteiger partial charge in [-0.05, 0) is 39.3 Å². The van der Waals surface area contributed by atoms with Crippen LogP contribution in [0.2, 0.25) is 0 Å². The van der Waals surface area contributed by atoms with E-state index in [0.717, 1.165) is 16.4 Å². The molecule has 4 N–H and O–H groups in total. The Morgan fingerprint density at radius 1 is 1.15 bits per heavy atom. The molecule has 2 aliphatic carbocycles. The van der Waals surface area contributed by atoms with Gasteiger partial charge in [0.2, 0.25) is 0 Å². The fourth-order valence-corrected chi connectivity index (χ4v) is 2.77. The zero-order valence-corrected chi connectivity index (χ0v) is 11.5. The van der Waals surface area contributed by atoms with Gasteiger partial charge in [0.05, 0.1) is 12.1 Å². The summed E-state index contributed by atoms with van der Waals surface area (Å²) in [4.78, 5) is 11.8. The molecule has 3 rings (SSSR count). The van der Waals surface area contributed by atoms with Crippen molar-refractivity contribution in [3.63, 3.8) is 0 Å². The maximum atomic E-state index is 11.8. The van der Waals surface area contributed by atoms with E-state index in [1.54, 1.807) is 0 Å². The van der Waals surface area contributed by atoms with Crippen molar-refractivity contribution in [1.29, 1.82) is 0 Å². The van der Waals surface area contributed by atoms with Gasteiger partial charge in [-0.2, -0.15) is 0 Å². The molecule has 0 aromatic heterocycles. The van der Waals surface area contributed by atoms with E-state index in [2.05, 4.69) is 24.3 Å². The molecule has 0 spiro atoms. The molecule has 3 nitrogen and oxygen atoms in total. The number of Topliss-reactive ketones (excluding diaryl/α,β-unsaturated/α-hetero) is 1. The highest BCUT2D eigenvalue weighted by molar-refractivity contribution is 5.90. The van der Waals surface area contributed by atoms with Crippen LogP contribution in [0.1, 0.15) is 24.5 Å². The number of rotatable bonds is 4. The summed E-state index contributed by atoms with van der Waals surface area (Å²) < 4.78 is 0. The number of hydrogen-bond donors (Lipinski definition) is 2. The third kappa shape index (κ3) is 1.96. The molecule has 1 aromatic rings. The van der Waals surface area contributed by atoms with Crippen molar-refractivity contribution in [3.8, 4) is 0 Å². The van der Waals surface area contributed by atoms with E-state index in [1.165, 1.54) is 10.8 Å². The first-order valence-corrected chi connectivity index (χ1v) is 6.90. The SMILES string of the molecule is CCC(=O)C(N)C(N)C1=CC=c2cc3c(cc21)=CC=C3. The Labute approximate surface area is 118 Å². The number of carbonyl (C=O) groups excluding carboxylic acids is 1. The van der Waals surface area contributed by atoms with Gasteiger partial charge in [0.15, 0.2) is 5.78 Å². The van der Waals surface area contributed by atoms with Gasteiger partial charge >= 0.3 is 0 Å². The van der Waals surface area contributed by atoms with E-state index in [4.69, 9.17) is 11.5 Å². The summed E-state index contributed by atoms with van der Waals surface area (Å²) in [5, 5.41) is 2.33. The van der Waals surface area contributed by atoms with Gasteiger partial charge in [-0.15, -0.1) is 0 Å². The van der Waals surface area contributed by atoms with Crippen molar-refractivity contribution in [2.45, 2.75) is 25.4 Å². The third-order valence-corrected chi connectivity index (χ3v) is 4.03. The number of allylic oxidation sites excluding steroid dienone is 2. The molecule has 0 aliphatic heterocycles. The summed E-state index contributed by atoms with van der Waals surface area (Å²) >= 11 is 0. The number of carbonyl (C=O) groups is 1. The molecule has 20 heavy (non-hydrogen) atoms. The summed E-state index contributed by atoms with van der Waals surface area (Å²) in [5.74, 6) is 0.00115. The number of nitrogens with two attached hydrogens (primary N) is 2. The smallest absolute Gasteiger partial charge is 0.151 e. The summed E-state index contributed by atoms with van der Waals surface area (Å²) in [5.41, 5.74) is 15.4. The molecule has 0 saturated carbocycles. The quantitative estimate of drug-likeness (QED) is 0.824. The van der Waals surface area contributed by atoms with Crippen molar-refractivity contribution in [2.75, 3.05) is 0 Å². The zero-order chi connectivity index (χ0) is 14.3. The van der Waals surface area contributed by atoms with Crippen LogP contribution in [0.4, 0.5) is 0 Å². The van der Waals surface area contributed by atoms with Gasteiger partial charge in [0.25, 0.3) is 0 Å². The average Bonchev–Trinajstić information content (AvgIpc) is 3.07. The minimum atomic E-state index is -0.638. The van der Waals surface area contributed by atoms with Crippen LogP contribution in [0.25, 0.3) is 23.8 Å². The minimum absolute atomic E-state index is 0.00115. The van der Waals surface area contributed by atoms with Crippen LogP contribution in [0.5, 0.6) is 0 Å². The first kappa shape index (κ1) is 13.0. The van der Waals surface area contributed by atoms with Crippen molar-refractivity contribution >= 4 is 29.6 Å². The predicted octanol–water partition coefficient (Wildman–Crippen LogP) is 0.305. The molecule has 0 bridgehead atoms. The molecule has 0 heterocycles. The van der Waals surface area contributed by atoms with Gasteiger partial charge in [-0.3, -0.25) is 4.79 Å². The Kier molecular flexibility index (Phi) is 3.16. The normalized spacial score (nSPS) is 17.6. The topological polar surface area (TPSA) is 69.1 Å². The molecule has 102 valence electrons. The predicted molar refractivity (Wildman–Crippen MR) is 82.9 cm³/mol. The molecular formula is C17H18N2O. The van der Waals surface area contributed by atoms with Crippen molar-refractivity contribution in [1.82, 2.24) is 0 Å². The second-order valence-electron chi connectivity index (χ2n) is 5.25. The Morgan fingerprint density at radius 2 is 1.95 bits per heavy atom. The lowest BCUT2D eigenvalue weighted by molar-refractivity contribution is -0.120. The van der Waals surface area contributed by atoms with Crippen molar-refractivity contribution in [2.24, 2.45) is 11.5 Å². The summed E-state index contributed by atoms with van der Waals surface area (Å²) in [7, 11) is 0. The zero-order valence-electron chi connectivity index (χ0n) is 11.5. The van der Waals surface area contributed by atoms with E-state index in [0.29, 0.717) is 6.42 Å². The monoisotopic (exact) mass is 266 g/mol. The molecule has 0 radical (unpaired) electrons. The van der Waals surface area contributed by atoms with E-state index in [-0.39, 0.29) is 5.78 Å². The van der Waals surface area contributed by atoms with Crippen LogP contribution in [0.15, 0.2) is 24.3 Å². The van der Waals surface area contributed by atoms with Crippen LogP contribution in [-0.2, 0) is 4.79 Å². The number of fused-ring (bicyclic) bond motifs is 2. The molecular weight excluding hydrogens is 248 g/mol. The molecule has 0 saturated heterocycles. The standard InChI is InChI=1S/C17H18N2O/c1-2-15(20)17(19)16(18)13-7-6-12-8-10-4-3-5-11(10)9-14(12)13/h3-9,16-17H,2,18-19H2,1H3. The first-order valence-electron chi connectivity index (χ1n) is 6.90. The highest BCUT2D eigenvalue weighted by Gasteiger charge is 2.25. The van der Waals surface area contributed by atoms with Crippen LogP contribution < -0.4 is 21.9 Å². The Hall–Kier alpha value is -1.97. The van der Waals surface area contributed by atoms with E-state index >= 15 is 0 Å². The van der Waals surface area contributed by atoms with Crippen LogP contribution in [-0.4, -0.2) is 17.9 Å². The molecule has 2 unspecified atom stereocenters. The largest absolute Gasteiger partial charge is 0.322 e. The molecule has 1 aromatic carbocycles. The summed E-state index contributed by atoms with van der Waals surface area (Å²) in [6.07, 6.45) is 10.6. The third-order valence-electron chi connectivity index (χ3n) is 4.03. The van der Waals surface area contributed by atoms with Gasteiger partial charge in [-0.1, -0.05) is 37.3 Å². The second-order valence-corrected chi connectivity index (χ2v) is 5.25. The number of benzene rings is 1. The van der Waals surface area contributed by atoms with Gasteiger partial charge in [0.1, 0.15) is 0 Å². The Balaban J connectivity index is 1.97. The number of hydrogen-bond acceptors (Lipinski definition) is 3.